The van der Waals surface area contributed by atoms with E-state index in [0.29, 0.717) is 29.7 Å². The summed E-state index contributed by atoms with van der Waals surface area (Å²) in [5.74, 6) is 1.09. The van der Waals surface area contributed by atoms with E-state index in [1.54, 1.807) is 31.4 Å². The molecule has 0 radical (unpaired) electrons. The Kier molecular flexibility index (Phi) is 6.83. The average molecular weight is 356 g/mol. The number of nitrogens with one attached hydrogen (secondary N) is 1. The molecule has 5 nitrogen and oxygen atoms in total. The number of benzene rings is 1. The van der Waals surface area contributed by atoms with Crippen molar-refractivity contribution < 1.29 is 18.2 Å². The smallest absolute Gasteiger partial charge is 0.287 e. The highest BCUT2D eigenvalue weighted by Crippen LogP contribution is 2.15. The third-order valence-electron chi connectivity index (χ3n) is 3.02. The summed E-state index contributed by atoms with van der Waals surface area (Å²) in [5.41, 5.74) is 0.942. The van der Waals surface area contributed by atoms with Gasteiger partial charge in [-0.2, -0.15) is 0 Å². The third-order valence-corrected chi connectivity index (χ3v) is 4.54. The Morgan fingerprint density at radius 1 is 1.22 bits per heavy atom. The van der Waals surface area contributed by atoms with Gasteiger partial charge < -0.3 is 14.5 Å². The van der Waals surface area contributed by atoms with Crippen LogP contribution in [0.5, 0.6) is 0 Å². The molecule has 0 aliphatic carbocycles. The number of furan rings is 1. The van der Waals surface area contributed by atoms with Gasteiger partial charge in [-0.25, -0.2) is 0 Å². The summed E-state index contributed by atoms with van der Waals surface area (Å²) in [6.07, 6.45) is 0. The van der Waals surface area contributed by atoms with E-state index in [4.69, 9.17) is 20.8 Å². The summed E-state index contributed by atoms with van der Waals surface area (Å²) < 4.78 is 22.5. The SMILES string of the molecule is COCCNC(=O)c1ccc(CS(=O)Cc2ccc(Cl)cc2)o1. The molecule has 0 spiro atoms. The van der Waals surface area contributed by atoms with E-state index in [1.165, 1.54) is 0 Å². The Morgan fingerprint density at radius 3 is 2.65 bits per heavy atom. The molecule has 1 unspecified atom stereocenters. The molecule has 1 aromatic carbocycles. The molecular weight excluding hydrogens is 338 g/mol. The molecule has 1 heterocycles. The fourth-order valence-electron chi connectivity index (χ4n) is 1.91. The lowest BCUT2D eigenvalue weighted by Gasteiger charge is -2.02. The maximum absolute atomic E-state index is 12.2. The molecular formula is C16H18ClNO4S. The van der Waals surface area contributed by atoms with Crippen molar-refractivity contribution in [1.82, 2.24) is 5.32 Å². The molecule has 23 heavy (non-hydrogen) atoms. The number of hydrogen-bond acceptors (Lipinski definition) is 4. The minimum Gasteiger partial charge on any atom is -0.455 e. The van der Waals surface area contributed by atoms with Crippen LogP contribution in [0.1, 0.15) is 21.9 Å². The zero-order valence-corrected chi connectivity index (χ0v) is 14.3. The molecule has 1 amide bonds. The second-order valence-corrected chi connectivity index (χ2v) is 6.76. The Bertz CT molecular complexity index is 669. The molecule has 0 bridgehead atoms. The van der Waals surface area contributed by atoms with Gasteiger partial charge in [-0.15, -0.1) is 0 Å². The van der Waals surface area contributed by atoms with Gasteiger partial charge >= 0.3 is 0 Å². The lowest BCUT2D eigenvalue weighted by atomic mass is 10.2. The first-order chi connectivity index (χ1) is 11.1. The van der Waals surface area contributed by atoms with Crippen LogP contribution >= 0.6 is 11.6 Å². The first kappa shape index (κ1) is 17.7. The van der Waals surface area contributed by atoms with Gasteiger partial charge in [0.2, 0.25) is 0 Å². The van der Waals surface area contributed by atoms with Gasteiger partial charge in [0.15, 0.2) is 5.76 Å². The van der Waals surface area contributed by atoms with E-state index >= 15 is 0 Å². The normalized spacial score (nSPS) is 12.1. The fourth-order valence-corrected chi connectivity index (χ4v) is 3.17. The lowest BCUT2D eigenvalue weighted by Crippen LogP contribution is -2.26. The van der Waals surface area contributed by atoms with Crippen LogP contribution in [0, 0.1) is 0 Å². The molecule has 1 aromatic heterocycles. The number of carbonyl (C=O) groups excluding carboxylic acids is 1. The number of carbonyl (C=O) groups is 1. The second-order valence-electron chi connectivity index (χ2n) is 4.87. The monoisotopic (exact) mass is 355 g/mol. The highest BCUT2D eigenvalue weighted by Gasteiger charge is 2.12. The summed E-state index contributed by atoms with van der Waals surface area (Å²) in [5, 5.41) is 3.31. The van der Waals surface area contributed by atoms with Crippen molar-refractivity contribution in [3.8, 4) is 0 Å². The van der Waals surface area contributed by atoms with Gasteiger partial charge in [-0.3, -0.25) is 9.00 Å². The molecule has 0 fully saturated rings. The van der Waals surface area contributed by atoms with Crippen molar-refractivity contribution in [2.75, 3.05) is 20.3 Å². The highest BCUT2D eigenvalue weighted by atomic mass is 35.5. The molecule has 0 aliphatic heterocycles. The summed E-state index contributed by atoms with van der Waals surface area (Å²) in [4.78, 5) is 11.8. The van der Waals surface area contributed by atoms with Gasteiger partial charge in [-0.05, 0) is 29.8 Å². The predicted octanol–water partition coefficient (Wildman–Crippen LogP) is 2.76. The minimum absolute atomic E-state index is 0.208. The van der Waals surface area contributed by atoms with Crippen LogP contribution in [0.2, 0.25) is 5.02 Å². The highest BCUT2D eigenvalue weighted by molar-refractivity contribution is 7.83. The zero-order valence-electron chi connectivity index (χ0n) is 12.7. The molecule has 0 aliphatic rings. The lowest BCUT2D eigenvalue weighted by molar-refractivity contribution is 0.0908. The van der Waals surface area contributed by atoms with E-state index in [0.717, 1.165) is 5.56 Å². The zero-order chi connectivity index (χ0) is 16.7. The number of methoxy groups -OCH3 is 1. The van der Waals surface area contributed by atoms with Crippen LogP contribution in [0.3, 0.4) is 0 Å². The molecule has 1 atom stereocenters. The minimum atomic E-state index is -1.12. The molecule has 0 saturated carbocycles. The van der Waals surface area contributed by atoms with Crippen LogP contribution < -0.4 is 5.32 Å². The average Bonchev–Trinajstić information content (AvgIpc) is 2.98. The number of rotatable bonds is 8. The Hall–Kier alpha value is -1.63. The Labute approximate surface area is 142 Å². The topological polar surface area (TPSA) is 68.5 Å². The Morgan fingerprint density at radius 2 is 1.96 bits per heavy atom. The van der Waals surface area contributed by atoms with Gasteiger partial charge in [0, 0.05) is 35.2 Å². The van der Waals surface area contributed by atoms with Gasteiger partial charge in [0.05, 0.1) is 12.4 Å². The van der Waals surface area contributed by atoms with Gasteiger partial charge in [0.1, 0.15) is 5.76 Å². The van der Waals surface area contributed by atoms with Crippen LogP contribution in [-0.4, -0.2) is 30.4 Å². The number of ether oxygens (including phenoxy) is 1. The van der Waals surface area contributed by atoms with Crippen molar-refractivity contribution >= 4 is 28.3 Å². The van der Waals surface area contributed by atoms with E-state index in [-0.39, 0.29) is 17.4 Å². The van der Waals surface area contributed by atoms with E-state index in [9.17, 15) is 9.00 Å². The van der Waals surface area contributed by atoms with E-state index in [1.807, 2.05) is 12.1 Å². The van der Waals surface area contributed by atoms with Gasteiger partial charge in [0.25, 0.3) is 5.91 Å². The summed E-state index contributed by atoms with van der Waals surface area (Å²) >= 11 is 5.82. The third kappa shape index (κ3) is 5.82. The largest absolute Gasteiger partial charge is 0.455 e. The van der Waals surface area contributed by atoms with Gasteiger partial charge in [-0.1, -0.05) is 23.7 Å². The quantitative estimate of drug-likeness (QED) is 0.739. The number of halogens is 1. The van der Waals surface area contributed by atoms with E-state index in [2.05, 4.69) is 5.32 Å². The van der Waals surface area contributed by atoms with Crippen molar-refractivity contribution in [2.45, 2.75) is 11.5 Å². The molecule has 124 valence electrons. The fraction of sp³-hybridized carbons (Fsp3) is 0.312. The van der Waals surface area contributed by atoms with Crippen LogP contribution in [0.4, 0.5) is 0 Å². The summed E-state index contributed by atoms with van der Waals surface area (Å²) in [6.45, 7) is 0.846. The first-order valence-electron chi connectivity index (χ1n) is 7.04. The standard InChI is InChI=1S/C16H18ClNO4S/c1-21-9-8-18-16(19)15-7-6-14(22-15)11-23(20)10-12-2-4-13(17)5-3-12/h2-7H,8-11H2,1H3,(H,18,19). The first-order valence-corrected chi connectivity index (χ1v) is 8.90. The molecule has 2 aromatic rings. The van der Waals surface area contributed by atoms with Crippen molar-refractivity contribution in [3.05, 3.63) is 58.5 Å². The molecule has 1 N–H and O–H groups in total. The van der Waals surface area contributed by atoms with Crippen LogP contribution in [0.25, 0.3) is 0 Å². The number of amides is 1. The molecule has 2 rings (SSSR count). The second kappa shape index (κ2) is 8.86. The van der Waals surface area contributed by atoms with Crippen molar-refractivity contribution in [2.24, 2.45) is 0 Å². The van der Waals surface area contributed by atoms with E-state index < -0.39 is 10.8 Å². The molecule has 0 saturated heterocycles. The van der Waals surface area contributed by atoms with Crippen molar-refractivity contribution in [1.29, 1.82) is 0 Å². The summed E-state index contributed by atoms with van der Waals surface area (Å²) in [7, 11) is 0.439. The van der Waals surface area contributed by atoms with Crippen LogP contribution in [0.15, 0.2) is 40.8 Å². The predicted molar refractivity (Wildman–Crippen MR) is 89.9 cm³/mol. The molecule has 7 heteroatoms. The maximum Gasteiger partial charge on any atom is 0.287 e. The maximum atomic E-state index is 12.2. The Balaban J connectivity index is 1.87. The summed E-state index contributed by atoms with van der Waals surface area (Å²) in [6, 6.07) is 10.5. The van der Waals surface area contributed by atoms with Crippen LogP contribution in [-0.2, 0) is 27.0 Å². The number of hydrogen-bond donors (Lipinski definition) is 1. The van der Waals surface area contributed by atoms with Crippen molar-refractivity contribution in [3.63, 3.8) is 0 Å².